The first kappa shape index (κ1) is 35.4. The Balaban J connectivity index is 1.22. The molecule has 8 atom stereocenters. The molecule has 2 aromatic carbocycles. The maximum Gasteiger partial charge on any atom is 0.252 e. The summed E-state index contributed by atoms with van der Waals surface area (Å²) in [6, 6.07) is 17.3. The van der Waals surface area contributed by atoms with Gasteiger partial charge in [-0.15, -0.1) is 11.3 Å². The van der Waals surface area contributed by atoms with Gasteiger partial charge in [0.2, 0.25) is 0 Å². The van der Waals surface area contributed by atoms with Crippen molar-refractivity contribution in [3.05, 3.63) is 112 Å². The number of thiophene rings is 1. The maximum atomic E-state index is 15.1. The molecule has 6 aliphatic carbocycles. The summed E-state index contributed by atoms with van der Waals surface area (Å²) >= 11 is 7.63. The summed E-state index contributed by atoms with van der Waals surface area (Å²) < 4.78 is 45.3. The van der Waals surface area contributed by atoms with E-state index in [1.54, 1.807) is 23.6 Å². The van der Waals surface area contributed by atoms with Crippen LogP contribution in [0.4, 0.5) is 4.39 Å². The van der Waals surface area contributed by atoms with Gasteiger partial charge < -0.3 is 10.2 Å². The summed E-state index contributed by atoms with van der Waals surface area (Å²) in [6.45, 7) is 4.45. The van der Waals surface area contributed by atoms with Crippen LogP contribution in [0, 0.1) is 39.3 Å². The predicted molar refractivity (Wildman–Crippen MR) is 197 cm³/mol. The second kappa shape index (κ2) is 12.2. The Hall–Kier alpha value is -2.66. The molecule has 3 aromatic rings. The molecule has 3 saturated carbocycles. The van der Waals surface area contributed by atoms with Crippen LogP contribution in [0.1, 0.15) is 69.9 Å². The zero-order valence-corrected chi connectivity index (χ0v) is 31.4. The molecule has 6 aliphatic rings. The van der Waals surface area contributed by atoms with Gasteiger partial charge in [0.15, 0.2) is 5.78 Å². The highest BCUT2D eigenvalue weighted by Gasteiger charge is 2.74. The molecule has 51 heavy (non-hydrogen) atoms. The van der Waals surface area contributed by atoms with Crippen molar-refractivity contribution in [3.8, 4) is 0 Å². The lowest BCUT2D eigenvalue weighted by Gasteiger charge is -2.71. The van der Waals surface area contributed by atoms with Gasteiger partial charge >= 0.3 is 0 Å². The van der Waals surface area contributed by atoms with Crippen molar-refractivity contribution in [1.29, 1.82) is 0 Å². The van der Waals surface area contributed by atoms with Crippen LogP contribution in [0.3, 0.4) is 0 Å². The van der Waals surface area contributed by atoms with Gasteiger partial charge in [-0.25, -0.2) is 12.8 Å². The Morgan fingerprint density at radius 1 is 0.961 bits per heavy atom. The lowest BCUT2D eigenvalue weighted by Crippen LogP contribution is -2.67. The van der Waals surface area contributed by atoms with Crippen molar-refractivity contribution in [2.24, 2.45) is 33.5 Å². The molecule has 2 N–H and O–H groups in total. The van der Waals surface area contributed by atoms with E-state index in [-0.39, 0.29) is 57.3 Å². The predicted octanol–water partition coefficient (Wildman–Crippen LogP) is 8.13. The van der Waals surface area contributed by atoms with E-state index in [9.17, 15) is 23.4 Å². The molecule has 0 saturated heterocycles. The van der Waals surface area contributed by atoms with Crippen LogP contribution in [-0.2, 0) is 27.8 Å². The fourth-order valence-electron chi connectivity index (χ4n) is 11.5. The number of aliphatic hydroxyl groups excluding tert-OH is 1. The summed E-state index contributed by atoms with van der Waals surface area (Å²) in [5.41, 5.74) is -2.00. The van der Waals surface area contributed by atoms with Crippen molar-refractivity contribution in [1.82, 2.24) is 4.31 Å². The smallest absolute Gasteiger partial charge is 0.252 e. The Morgan fingerprint density at radius 2 is 1.69 bits per heavy atom. The molecule has 1 unspecified atom stereocenters. The van der Waals surface area contributed by atoms with Gasteiger partial charge in [0, 0.05) is 51.9 Å². The number of fused-ring (bicyclic) bond motifs is 1. The molecule has 1 aromatic heterocycles. The van der Waals surface area contributed by atoms with E-state index in [1.807, 2.05) is 30.3 Å². The molecule has 9 rings (SSSR count). The molecule has 0 aliphatic heterocycles. The van der Waals surface area contributed by atoms with Crippen molar-refractivity contribution in [3.63, 3.8) is 0 Å². The SMILES string of the molecule is C[C@]12CC[C@H]3[C@]4(C=C[C@@]5(C=C4C(=O)Cc4c(F)cccc4Cl)CC(O)CC[C@]35C)[C@@H]1CC[C@@]2(O)CN(Cc1ccccc1)S(=O)(=O)c1cccs1. The van der Waals surface area contributed by atoms with Crippen molar-refractivity contribution in [2.75, 3.05) is 6.54 Å². The minimum atomic E-state index is -3.94. The van der Waals surface area contributed by atoms with Crippen LogP contribution in [0.2, 0.25) is 5.02 Å². The molecular formula is C41H45ClFNO5S2. The molecule has 270 valence electrons. The summed E-state index contributed by atoms with van der Waals surface area (Å²) in [5, 5.41) is 25.9. The molecule has 6 nitrogen and oxygen atoms in total. The number of carbonyl (C=O) groups excluding carboxylic acids is 1. The second-order valence-electron chi connectivity index (χ2n) is 16.3. The molecule has 1 heterocycles. The number of hydrogen-bond acceptors (Lipinski definition) is 6. The monoisotopic (exact) mass is 749 g/mol. The van der Waals surface area contributed by atoms with Crippen molar-refractivity contribution < 1.29 is 27.8 Å². The minimum Gasteiger partial charge on any atom is -0.393 e. The number of sulfonamides is 1. The number of halogens is 2. The van der Waals surface area contributed by atoms with E-state index in [0.29, 0.717) is 37.7 Å². The normalized spacial score (nSPS) is 36.8. The molecular weight excluding hydrogens is 705 g/mol. The molecule has 0 amide bonds. The van der Waals surface area contributed by atoms with Gasteiger partial charge in [-0.3, -0.25) is 4.79 Å². The highest BCUT2D eigenvalue weighted by molar-refractivity contribution is 7.91. The number of allylic oxidation sites excluding steroid dienone is 4. The van der Waals surface area contributed by atoms with E-state index in [4.69, 9.17) is 11.6 Å². The van der Waals surface area contributed by atoms with Gasteiger partial charge in [-0.1, -0.05) is 86.1 Å². The lowest BCUT2D eigenvalue weighted by molar-refractivity contribution is -0.177. The minimum absolute atomic E-state index is 0.0539. The third kappa shape index (κ3) is 5.09. The number of rotatable bonds is 9. The first-order valence-corrected chi connectivity index (χ1v) is 20.8. The van der Waals surface area contributed by atoms with Crippen LogP contribution >= 0.6 is 22.9 Å². The van der Waals surface area contributed by atoms with Crippen LogP contribution in [-0.4, -0.2) is 47.0 Å². The Kier molecular flexibility index (Phi) is 8.45. The van der Waals surface area contributed by atoms with Crippen molar-refractivity contribution in [2.45, 2.75) is 87.7 Å². The average Bonchev–Trinajstić information content (AvgIpc) is 3.74. The Labute approximate surface area is 309 Å². The number of benzene rings is 2. The molecule has 0 radical (unpaired) electrons. The first-order valence-electron chi connectivity index (χ1n) is 18.1. The third-order valence-corrected chi connectivity index (χ3v) is 17.7. The highest BCUT2D eigenvalue weighted by Crippen LogP contribution is 2.78. The van der Waals surface area contributed by atoms with Crippen LogP contribution in [0.5, 0.6) is 0 Å². The van der Waals surface area contributed by atoms with Crippen LogP contribution in [0.25, 0.3) is 0 Å². The summed E-state index contributed by atoms with van der Waals surface area (Å²) in [4.78, 5) is 14.7. The van der Waals surface area contributed by atoms with E-state index < -0.39 is 43.8 Å². The van der Waals surface area contributed by atoms with Gasteiger partial charge in [0.25, 0.3) is 10.0 Å². The third-order valence-electron chi connectivity index (χ3n) is 14.1. The maximum absolute atomic E-state index is 15.1. The number of aliphatic hydroxyl groups is 2. The number of nitrogens with zero attached hydrogens (tertiary/aromatic N) is 1. The Bertz CT molecular complexity index is 2020. The summed E-state index contributed by atoms with van der Waals surface area (Å²) in [5.74, 6) is -0.838. The van der Waals surface area contributed by atoms with E-state index >= 15 is 4.39 Å². The molecule has 2 spiro atoms. The average molecular weight is 750 g/mol. The highest BCUT2D eigenvalue weighted by atomic mass is 35.5. The molecule has 10 heteroatoms. The topological polar surface area (TPSA) is 94.9 Å². The summed E-state index contributed by atoms with van der Waals surface area (Å²) in [7, 11) is -3.94. The van der Waals surface area contributed by atoms with E-state index in [1.165, 1.54) is 27.8 Å². The van der Waals surface area contributed by atoms with Gasteiger partial charge in [0.1, 0.15) is 10.0 Å². The fourth-order valence-corrected chi connectivity index (χ4v) is 14.3. The van der Waals surface area contributed by atoms with Gasteiger partial charge in [0.05, 0.1) is 11.7 Å². The number of carbonyl (C=O) groups is 1. The zero-order valence-electron chi connectivity index (χ0n) is 29.0. The van der Waals surface area contributed by atoms with Gasteiger partial charge in [-0.05, 0) is 91.3 Å². The quantitative estimate of drug-likeness (QED) is 0.216. The second-order valence-corrected chi connectivity index (χ2v) is 19.8. The van der Waals surface area contributed by atoms with Crippen LogP contribution in [0.15, 0.2) is 94.1 Å². The Morgan fingerprint density at radius 3 is 2.41 bits per heavy atom. The number of ketones is 1. The van der Waals surface area contributed by atoms with E-state index in [2.05, 4.69) is 32.1 Å². The summed E-state index contributed by atoms with van der Waals surface area (Å²) in [6.07, 6.45) is 10.3. The molecule has 3 fully saturated rings. The first-order chi connectivity index (χ1) is 24.2. The zero-order chi connectivity index (χ0) is 36.0. The lowest BCUT2D eigenvalue weighted by atomic mass is 9.32. The van der Waals surface area contributed by atoms with Gasteiger partial charge in [-0.2, -0.15) is 4.31 Å². The number of Topliss-reactive ketones (excluding diaryl/α,β-unsaturated/α-hetero) is 1. The fraction of sp³-hybridized carbons (Fsp3) is 0.488. The van der Waals surface area contributed by atoms with E-state index in [0.717, 1.165) is 18.4 Å². The largest absolute Gasteiger partial charge is 0.393 e. The number of hydrogen-bond donors (Lipinski definition) is 2. The molecule has 2 bridgehead atoms. The van der Waals surface area contributed by atoms with Crippen LogP contribution < -0.4 is 0 Å². The standard InChI is InChI=1S/C41H45ClFNO5S2/c1-37-16-13-28(45)23-39(37)19-20-41(30(24-39)33(46)22-29-31(42)10-6-11-32(29)43)34(37)14-17-38(2)35(41)15-18-40(38,47)26-44(25-27-8-4-3-5-9-27)51(48,49)36-12-7-21-50-36/h3-12,19-21,24,28,34-35,45,47H,13-18,22-23,25-26H2,1-2H3/t28?,34-,35-,37-,38+,39+,40-,41-/m1/s1. The van der Waals surface area contributed by atoms with Crippen molar-refractivity contribution >= 4 is 38.7 Å².